The summed E-state index contributed by atoms with van der Waals surface area (Å²) in [4.78, 5) is 0. The van der Waals surface area contributed by atoms with Crippen LogP contribution in [0.1, 0.15) is 47.4 Å². The van der Waals surface area contributed by atoms with E-state index in [-0.39, 0.29) is 12.6 Å². The summed E-state index contributed by atoms with van der Waals surface area (Å²) in [5.74, 6) is 2.11. The number of furan rings is 1. The minimum Gasteiger partial charge on any atom is -0.465 e. The fourth-order valence-corrected chi connectivity index (χ4v) is 4.35. The van der Waals surface area contributed by atoms with E-state index in [4.69, 9.17) is 8.94 Å². The van der Waals surface area contributed by atoms with E-state index < -0.39 is 10.2 Å². The van der Waals surface area contributed by atoms with Gasteiger partial charge in [-0.15, -0.1) is 0 Å². The molecule has 3 heterocycles. The van der Waals surface area contributed by atoms with Gasteiger partial charge in [-0.1, -0.05) is 5.16 Å². The van der Waals surface area contributed by atoms with Crippen LogP contribution in [0.25, 0.3) is 0 Å². The largest absolute Gasteiger partial charge is 0.465 e. The topological polar surface area (TPSA) is 88.6 Å². The average Bonchev–Trinajstić information content (AvgIpc) is 3.18. The summed E-state index contributed by atoms with van der Waals surface area (Å²) in [5, 5.41) is 3.84. The maximum Gasteiger partial charge on any atom is 0.280 e. The summed E-state index contributed by atoms with van der Waals surface area (Å²) in [5.41, 5.74) is 1.47. The molecule has 1 atom stereocenters. The summed E-state index contributed by atoms with van der Waals surface area (Å²) in [6.45, 7) is 6.08. The molecule has 1 fully saturated rings. The van der Waals surface area contributed by atoms with Gasteiger partial charge in [0.2, 0.25) is 0 Å². The Morgan fingerprint density at radius 1 is 1.35 bits per heavy atom. The molecule has 0 bridgehead atoms. The summed E-state index contributed by atoms with van der Waals surface area (Å²) in [6.07, 6.45) is 1.58. The summed E-state index contributed by atoms with van der Waals surface area (Å²) in [6, 6.07) is 3.46. The van der Waals surface area contributed by atoms with E-state index in [0.29, 0.717) is 23.8 Å². The van der Waals surface area contributed by atoms with E-state index in [1.165, 1.54) is 4.31 Å². The smallest absolute Gasteiger partial charge is 0.280 e. The van der Waals surface area contributed by atoms with E-state index in [0.717, 1.165) is 24.2 Å². The molecule has 3 rings (SSSR count). The first-order valence-electron chi connectivity index (χ1n) is 7.63. The quantitative estimate of drug-likeness (QED) is 0.903. The molecule has 0 radical (unpaired) electrons. The molecule has 0 unspecified atom stereocenters. The third kappa shape index (κ3) is 3.19. The van der Waals surface area contributed by atoms with Crippen LogP contribution in [0.15, 0.2) is 21.1 Å². The van der Waals surface area contributed by atoms with Gasteiger partial charge in [0.15, 0.2) is 0 Å². The number of hydrogen-bond acceptors (Lipinski definition) is 5. The highest BCUT2D eigenvalue weighted by atomic mass is 32.2. The lowest BCUT2D eigenvalue weighted by atomic mass is 10.2. The van der Waals surface area contributed by atoms with Crippen LogP contribution in [0.2, 0.25) is 0 Å². The zero-order valence-electron chi connectivity index (χ0n) is 13.5. The first-order valence-corrected chi connectivity index (χ1v) is 9.07. The second-order valence-corrected chi connectivity index (χ2v) is 7.55. The molecule has 1 aliphatic heterocycles. The molecule has 23 heavy (non-hydrogen) atoms. The number of aryl methyl sites for hydroxylation is 3. The van der Waals surface area contributed by atoms with Crippen LogP contribution in [0.4, 0.5) is 0 Å². The van der Waals surface area contributed by atoms with E-state index in [9.17, 15) is 8.42 Å². The fraction of sp³-hybridized carbons (Fsp3) is 0.533. The molecule has 0 aliphatic carbocycles. The van der Waals surface area contributed by atoms with Crippen molar-refractivity contribution >= 4 is 10.2 Å². The Morgan fingerprint density at radius 2 is 2.13 bits per heavy atom. The van der Waals surface area contributed by atoms with Crippen molar-refractivity contribution in [2.45, 2.75) is 46.2 Å². The molecule has 0 spiro atoms. The molecule has 0 aromatic carbocycles. The molecule has 2 aromatic rings. The maximum absolute atomic E-state index is 12.7. The van der Waals surface area contributed by atoms with Gasteiger partial charge in [0.25, 0.3) is 10.2 Å². The van der Waals surface area contributed by atoms with Crippen LogP contribution in [0.5, 0.6) is 0 Å². The Kier molecular flexibility index (Phi) is 4.31. The lowest BCUT2D eigenvalue weighted by Crippen LogP contribution is -2.40. The van der Waals surface area contributed by atoms with Crippen molar-refractivity contribution in [3.63, 3.8) is 0 Å². The van der Waals surface area contributed by atoms with Crippen molar-refractivity contribution in [1.29, 1.82) is 0 Å². The minimum atomic E-state index is -3.60. The predicted octanol–water partition coefficient (Wildman–Crippen LogP) is 2.36. The molecule has 2 aromatic heterocycles. The Hall–Kier alpha value is -1.64. The zero-order valence-corrected chi connectivity index (χ0v) is 14.3. The molecule has 1 aliphatic rings. The summed E-state index contributed by atoms with van der Waals surface area (Å²) < 4.78 is 40.1. The predicted molar refractivity (Wildman–Crippen MR) is 83.9 cm³/mol. The number of nitrogens with one attached hydrogen (secondary N) is 1. The van der Waals surface area contributed by atoms with Crippen molar-refractivity contribution < 1.29 is 17.4 Å². The lowest BCUT2D eigenvalue weighted by Gasteiger charge is -2.22. The third-order valence-corrected chi connectivity index (χ3v) is 5.78. The van der Waals surface area contributed by atoms with Gasteiger partial charge in [0.1, 0.15) is 17.3 Å². The van der Waals surface area contributed by atoms with Crippen LogP contribution >= 0.6 is 0 Å². The zero-order chi connectivity index (χ0) is 16.6. The molecule has 1 saturated heterocycles. The van der Waals surface area contributed by atoms with Crippen LogP contribution in [-0.4, -0.2) is 24.4 Å². The Labute approximate surface area is 135 Å². The molecule has 8 heteroatoms. The van der Waals surface area contributed by atoms with Crippen LogP contribution in [-0.2, 0) is 16.8 Å². The summed E-state index contributed by atoms with van der Waals surface area (Å²) >= 11 is 0. The second kappa shape index (κ2) is 6.10. The normalized spacial score (nSPS) is 19.5. The molecule has 0 amide bonds. The van der Waals surface area contributed by atoms with Gasteiger partial charge in [-0.2, -0.15) is 17.4 Å². The monoisotopic (exact) mass is 339 g/mol. The van der Waals surface area contributed by atoms with E-state index in [1.54, 1.807) is 13.8 Å². The van der Waals surface area contributed by atoms with E-state index >= 15 is 0 Å². The van der Waals surface area contributed by atoms with Crippen molar-refractivity contribution in [2.75, 3.05) is 6.54 Å². The molecular weight excluding hydrogens is 318 g/mol. The van der Waals surface area contributed by atoms with Crippen molar-refractivity contribution in [1.82, 2.24) is 14.2 Å². The van der Waals surface area contributed by atoms with Gasteiger partial charge in [-0.05, 0) is 45.7 Å². The molecule has 126 valence electrons. The summed E-state index contributed by atoms with van der Waals surface area (Å²) in [7, 11) is -3.60. The first-order chi connectivity index (χ1) is 10.9. The van der Waals surface area contributed by atoms with Crippen molar-refractivity contribution in [3.8, 4) is 0 Å². The van der Waals surface area contributed by atoms with Gasteiger partial charge < -0.3 is 8.94 Å². The maximum atomic E-state index is 12.7. The average molecular weight is 339 g/mol. The van der Waals surface area contributed by atoms with Gasteiger partial charge in [0, 0.05) is 18.7 Å². The van der Waals surface area contributed by atoms with Gasteiger partial charge in [-0.3, -0.25) is 0 Å². The van der Waals surface area contributed by atoms with E-state index in [1.807, 2.05) is 19.1 Å². The molecular formula is C15H21N3O4S. The minimum absolute atomic E-state index is 0.171. The standard InChI is InChI=1S/C15H21N3O4S/c1-10-6-7-15(21-10)14-5-4-8-18(14)23(19,20)16-9-13-11(2)17-22-12(13)3/h6-7,14,16H,4-5,8-9H2,1-3H3/t14-/m0/s1. The van der Waals surface area contributed by atoms with Gasteiger partial charge in [-0.25, -0.2) is 0 Å². The van der Waals surface area contributed by atoms with Crippen LogP contribution in [0.3, 0.4) is 0 Å². The Balaban J connectivity index is 1.76. The second-order valence-electron chi connectivity index (χ2n) is 5.85. The van der Waals surface area contributed by atoms with Crippen LogP contribution < -0.4 is 4.72 Å². The first kappa shape index (κ1) is 16.2. The van der Waals surface area contributed by atoms with E-state index in [2.05, 4.69) is 9.88 Å². The molecule has 0 saturated carbocycles. The fourth-order valence-electron chi connectivity index (χ4n) is 2.95. The highest BCUT2D eigenvalue weighted by molar-refractivity contribution is 7.87. The molecule has 1 N–H and O–H groups in total. The van der Waals surface area contributed by atoms with Crippen molar-refractivity contribution in [2.24, 2.45) is 0 Å². The SMILES string of the molecule is Cc1ccc([C@@H]2CCCN2S(=O)(=O)NCc2c(C)noc2C)o1. The number of aromatic nitrogens is 1. The lowest BCUT2D eigenvalue weighted by molar-refractivity contribution is 0.330. The van der Waals surface area contributed by atoms with Gasteiger partial charge >= 0.3 is 0 Å². The number of hydrogen-bond donors (Lipinski definition) is 1. The van der Waals surface area contributed by atoms with Gasteiger partial charge in [0.05, 0.1) is 11.7 Å². The number of rotatable bonds is 5. The Bertz CT molecular complexity index is 774. The van der Waals surface area contributed by atoms with Crippen molar-refractivity contribution in [3.05, 3.63) is 40.7 Å². The highest BCUT2D eigenvalue weighted by Gasteiger charge is 2.36. The Morgan fingerprint density at radius 3 is 2.74 bits per heavy atom. The van der Waals surface area contributed by atoms with Crippen LogP contribution in [0, 0.1) is 20.8 Å². The highest BCUT2D eigenvalue weighted by Crippen LogP contribution is 2.34. The molecule has 7 nitrogen and oxygen atoms in total. The number of nitrogens with zero attached hydrogens (tertiary/aromatic N) is 2. The third-order valence-electron chi connectivity index (χ3n) is 4.21.